The zero-order valence-electron chi connectivity index (χ0n) is 35.7. The molecule has 4 aromatic carbocycles. The van der Waals surface area contributed by atoms with Gasteiger partial charge in [0.05, 0.1) is 35.6 Å². The number of benzene rings is 4. The van der Waals surface area contributed by atoms with Crippen LogP contribution in [-0.2, 0) is 42.1 Å². The van der Waals surface area contributed by atoms with E-state index in [9.17, 15) is 18.0 Å². The molecular formula is C49H51Cl2N3O9S. The summed E-state index contributed by atoms with van der Waals surface area (Å²) in [5.74, 6) is 0.704. The summed E-state index contributed by atoms with van der Waals surface area (Å²) < 4.78 is 59.4. The number of hydrogen-bond acceptors (Lipinski definition) is 11. The summed E-state index contributed by atoms with van der Waals surface area (Å²) in [7, 11) is -1.14. The largest absolute Gasteiger partial charge is 0.493 e. The van der Waals surface area contributed by atoms with Gasteiger partial charge in [0.25, 0.3) is 0 Å². The Kier molecular flexibility index (Phi) is 14.4. The van der Waals surface area contributed by atoms with E-state index in [1.54, 1.807) is 36.4 Å². The standard InChI is InChI=1S/C49H51Cl2N3O9S/c1-59-44-17-16-36(25-46(44)60-2)45(26-40-41(50)28-52-29-42(40)51)63-49(56)43-15-8-20-54(43)64(57,58)38-14-6-9-32(23-38)31-61-37-13-7-12-35(24-37)39(33-10-4-3-5-11-33)27-48(55)62-47-30-53-21-18-34(47)19-22-53/h3-7,9-14,16-17,23-25,28-29,34,39,43,45,47H,8,15,18-22,26-27,30-31H2,1-2H3/t39-,43-,45-,47-/m0/s1. The van der Waals surface area contributed by atoms with E-state index in [-0.39, 0.29) is 55.3 Å². The molecule has 0 unspecified atom stereocenters. The maximum Gasteiger partial charge on any atom is 0.325 e. The number of piperidine rings is 3. The van der Waals surface area contributed by atoms with E-state index in [0.717, 1.165) is 43.6 Å². The predicted molar refractivity (Wildman–Crippen MR) is 242 cm³/mol. The smallest absolute Gasteiger partial charge is 0.325 e. The van der Waals surface area contributed by atoms with Crippen molar-refractivity contribution in [3.05, 3.63) is 147 Å². The van der Waals surface area contributed by atoms with Crippen molar-refractivity contribution < 1.29 is 41.7 Å². The summed E-state index contributed by atoms with van der Waals surface area (Å²) >= 11 is 13.0. The van der Waals surface area contributed by atoms with Crippen LogP contribution in [0.1, 0.15) is 71.9 Å². The minimum Gasteiger partial charge on any atom is -0.493 e. The highest BCUT2D eigenvalue weighted by Crippen LogP contribution is 2.38. The first-order chi connectivity index (χ1) is 31.0. The molecule has 4 aliphatic rings. The fourth-order valence-electron chi connectivity index (χ4n) is 9.04. The number of carbonyl (C=O) groups excluding carboxylic acids is 2. The van der Waals surface area contributed by atoms with Gasteiger partial charge in [-0.25, -0.2) is 8.42 Å². The van der Waals surface area contributed by atoms with Crippen molar-refractivity contribution >= 4 is 45.2 Å². The van der Waals surface area contributed by atoms with E-state index >= 15 is 0 Å². The van der Waals surface area contributed by atoms with Gasteiger partial charge in [0.15, 0.2) is 11.5 Å². The van der Waals surface area contributed by atoms with Crippen molar-refractivity contribution in [3.8, 4) is 17.2 Å². The Morgan fingerprint density at radius 3 is 2.25 bits per heavy atom. The first-order valence-corrected chi connectivity index (χ1v) is 23.7. The quantitative estimate of drug-likeness (QED) is 0.0829. The molecule has 0 amide bonds. The van der Waals surface area contributed by atoms with Crippen LogP contribution in [0.5, 0.6) is 17.2 Å². The van der Waals surface area contributed by atoms with Crippen LogP contribution in [0.4, 0.5) is 0 Å². The van der Waals surface area contributed by atoms with Crippen molar-refractivity contribution in [1.82, 2.24) is 14.2 Å². The van der Waals surface area contributed by atoms with Gasteiger partial charge in [0, 0.05) is 37.8 Å². The van der Waals surface area contributed by atoms with Crippen LogP contribution in [0.2, 0.25) is 10.0 Å². The topological polar surface area (TPSA) is 134 Å². The number of rotatable bonds is 17. The maximum atomic E-state index is 14.3. The molecule has 0 saturated carbocycles. The van der Waals surface area contributed by atoms with Gasteiger partial charge in [0.1, 0.15) is 30.6 Å². The molecule has 4 saturated heterocycles. The van der Waals surface area contributed by atoms with E-state index in [2.05, 4.69) is 9.88 Å². The van der Waals surface area contributed by atoms with Gasteiger partial charge in [-0.05, 0) is 109 Å². The van der Waals surface area contributed by atoms with Gasteiger partial charge in [-0.1, -0.05) is 83.9 Å². The number of methoxy groups -OCH3 is 2. The second kappa shape index (κ2) is 20.3. The highest BCUT2D eigenvalue weighted by Gasteiger charge is 2.42. The van der Waals surface area contributed by atoms with Gasteiger partial charge in [-0.3, -0.25) is 19.5 Å². The number of halogens is 2. The number of hydrogen-bond donors (Lipinski definition) is 0. The molecule has 9 rings (SSSR count). The molecule has 2 bridgehead atoms. The summed E-state index contributed by atoms with van der Waals surface area (Å²) in [4.78, 5) is 34.0. The number of nitrogens with zero attached hydrogens (tertiary/aromatic N) is 3. The molecule has 0 N–H and O–H groups in total. The summed E-state index contributed by atoms with van der Waals surface area (Å²) in [6.45, 7) is 3.14. The molecule has 15 heteroatoms. The molecule has 4 aliphatic heterocycles. The Balaban J connectivity index is 0.961. The van der Waals surface area contributed by atoms with Crippen LogP contribution in [0.3, 0.4) is 0 Å². The zero-order valence-corrected chi connectivity index (χ0v) is 38.1. The normalized spacial score (nSPS) is 20.6. The lowest BCUT2D eigenvalue weighted by molar-refractivity contribution is -0.159. The Labute approximate surface area is 384 Å². The van der Waals surface area contributed by atoms with E-state index in [0.29, 0.717) is 56.3 Å². The van der Waals surface area contributed by atoms with Gasteiger partial charge in [-0.2, -0.15) is 4.31 Å². The van der Waals surface area contributed by atoms with Crippen LogP contribution < -0.4 is 14.2 Å². The number of sulfonamides is 1. The predicted octanol–water partition coefficient (Wildman–Crippen LogP) is 8.82. The number of aromatic nitrogens is 1. The highest BCUT2D eigenvalue weighted by atomic mass is 35.5. The third-order valence-corrected chi connectivity index (χ3v) is 15.0. The van der Waals surface area contributed by atoms with E-state index in [1.807, 2.05) is 54.6 Å². The molecule has 4 fully saturated rings. The second-order valence-electron chi connectivity index (χ2n) is 16.4. The summed E-state index contributed by atoms with van der Waals surface area (Å²) in [5, 5.41) is 0.590. The second-order valence-corrected chi connectivity index (χ2v) is 19.1. The van der Waals surface area contributed by atoms with Crippen LogP contribution in [0.25, 0.3) is 0 Å². The van der Waals surface area contributed by atoms with E-state index in [4.69, 9.17) is 46.9 Å². The molecule has 0 spiro atoms. The average Bonchev–Trinajstić information content (AvgIpc) is 3.83. The minimum atomic E-state index is -4.16. The lowest BCUT2D eigenvalue weighted by atomic mass is 9.85. The molecule has 1 aromatic heterocycles. The lowest BCUT2D eigenvalue weighted by Gasteiger charge is -2.44. The monoisotopic (exact) mass is 927 g/mol. The van der Waals surface area contributed by atoms with Gasteiger partial charge in [0.2, 0.25) is 10.0 Å². The van der Waals surface area contributed by atoms with Crippen LogP contribution >= 0.6 is 23.2 Å². The average molecular weight is 929 g/mol. The Morgan fingerprint density at radius 2 is 1.53 bits per heavy atom. The van der Waals surface area contributed by atoms with Crippen LogP contribution in [-0.4, -0.2) is 87.1 Å². The maximum absolute atomic E-state index is 14.3. The number of fused-ring (bicyclic) bond motifs is 3. The van der Waals surface area contributed by atoms with Crippen molar-refractivity contribution in [2.24, 2.45) is 5.92 Å². The third kappa shape index (κ3) is 10.3. The third-order valence-electron chi connectivity index (χ3n) is 12.5. The molecule has 0 radical (unpaired) electrons. The SMILES string of the molecule is COc1ccc([C@H](Cc2c(Cl)cncc2Cl)OC(=O)[C@@H]2CCCN2S(=O)(=O)c2cccc(COc3cccc([C@@H](CC(=O)O[C@H]4CN5CCC4CC5)c4ccccc4)c3)c2)cc1OC. The van der Waals surface area contributed by atoms with Crippen molar-refractivity contribution in [2.45, 2.75) is 74.2 Å². The Bertz CT molecular complexity index is 2540. The van der Waals surface area contributed by atoms with Crippen molar-refractivity contribution in [2.75, 3.05) is 40.4 Å². The zero-order chi connectivity index (χ0) is 44.8. The van der Waals surface area contributed by atoms with Gasteiger partial charge < -0.3 is 23.7 Å². The number of esters is 2. The molecule has 336 valence electrons. The summed E-state index contributed by atoms with van der Waals surface area (Å²) in [6.07, 6.45) is 5.06. The van der Waals surface area contributed by atoms with Gasteiger partial charge in [-0.15, -0.1) is 0 Å². The van der Waals surface area contributed by atoms with Crippen LogP contribution in [0, 0.1) is 5.92 Å². The van der Waals surface area contributed by atoms with E-state index < -0.39 is 28.1 Å². The molecule has 0 aliphatic carbocycles. The molecule has 5 aromatic rings. The highest BCUT2D eigenvalue weighted by molar-refractivity contribution is 7.89. The number of carbonyl (C=O) groups is 2. The molecular weight excluding hydrogens is 878 g/mol. The fourth-order valence-corrected chi connectivity index (χ4v) is 11.3. The minimum absolute atomic E-state index is 0.0273. The fraction of sp³-hybridized carbons (Fsp3) is 0.367. The summed E-state index contributed by atoms with van der Waals surface area (Å²) in [6, 6.07) is 28.1. The van der Waals surface area contributed by atoms with Gasteiger partial charge >= 0.3 is 11.9 Å². The van der Waals surface area contributed by atoms with Crippen LogP contribution in [0.15, 0.2) is 114 Å². The molecule has 5 heterocycles. The molecule has 4 atom stereocenters. The van der Waals surface area contributed by atoms with E-state index in [1.165, 1.54) is 37.0 Å². The number of pyridine rings is 1. The molecule has 12 nitrogen and oxygen atoms in total. The van der Waals surface area contributed by atoms with Crippen molar-refractivity contribution in [1.29, 1.82) is 0 Å². The molecule has 64 heavy (non-hydrogen) atoms. The Morgan fingerprint density at radius 1 is 0.797 bits per heavy atom. The summed E-state index contributed by atoms with van der Waals surface area (Å²) in [5.41, 5.74) is 3.59. The first kappa shape index (κ1) is 45.4. The Hall–Kier alpha value is -5.18. The number of ether oxygens (including phenoxy) is 5. The lowest BCUT2D eigenvalue weighted by Crippen LogP contribution is -2.52. The first-order valence-electron chi connectivity index (χ1n) is 21.5. The van der Waals surface area contributed by atoms with Crippen molar-refractivity contribution in [3.63, 3.8) is 0 Å².